The Balaban J connectivity index is 2.43. The van der Waals surface area contributed by atoms with E-state index in [0.717, 1.165) is 12.0 Å². The van der Waals surface area contributed by atoms with Gasteiger partial charge in [-0.25, -0.2) is 0 Å². The lowest BCUT2D eigenvalue weighted by Crippen LogP contribution is -2.12. The Hall–Kier alpha value is -1.55. The molecule has 0 radical (unpaired) electrons. The average molecular weight is 253 g/mol. The first-order chi connectivity index (χ1) is 8.15. The van der Waals surface area contributed by atoms with Crippen molar-refractivity contribution in [3.8, 4) is 0 Å². The minimum Gasteiger partial charge on any atom is -0.461 e. The first-order valence-corrected chi connectivity index (χ1v) is 5.83. The van der Waals surface area contributed by atoms with Crippen molar-refractivity contribution in [2.45, 2.75) is 26.8 Å². The van der Waals surface area contributed by atoms with Gasteiger partial charge in [-0.05, 0) is 25.0 Å². The number of ketones is 1. The fourth-order valence-electron chi connectivity index (χ4n) is 1.68. The second kappa shape index (κ2) is 4.75. The summed E-state index contributed by atoms with van der Waals surface area (Å²) in [4.78, 5) is 12.3. The molecule has 0 atom stereocenters. The van der Waals surface area contributed by atoms with Gasteiger partial charge in [-0.15, -0.1) is 0 Å². The maximum atomic E-state index is 12.3. The predicted molar refractivity (Wildman–Crippen MR) is 64.4 cm³/mol. The van der Waals surface area contributed by atoms with E-state index in [2.05, 4.69) is 5.10 Å². The Bertz CT molecular complexity index is 542. The Labute approximate surface area is 104 Å². The zero-order valence-electron chi connectivity index (χ0n) is 9.74. The van der Waals surface area contributed by atoms with Crippen LogP contribution in [0, 0.1) is 6.92 Å². The van der Waals surface area contributed by atoms with Crippen LogP contribution in [0.3, 0.4) is 0 Å². The van der Waals surface area contributed by atoms with E-state index < -0.39 is 0 Å². The molecule has 0 bridgehead atoms. The summed E-state index contributed by atoms with van der Waals surface area (Å²) in [5.74, 6) is 0.105. The molecule has 0 saturated carbocycles. The van der Waals surface area contributed by atoms with Gasteiger partial charge < -0.3 is 4.42 Å². The molecule has 17 heavy (non-hydrogen) atoms. The van der Waals surface area contributed by atoms with Gasteiger partial charge in [0.2, 0.25) is 5.78 Å². The molecule has 2 aromatic rings. The second-order valence-electron chi connectivity index (χ2n) is 3.83. The number of hydrogen-bond acceptors (Lipinski definition) is 3. The van der Waals surface area contributed by atoms with Gasteiger partial charge in [0.25, 0.3) is 0 Å². The molecule has 0 fully saturated rings. The number of hydrogen-bond donors (Lipinski definition) is 0. The zero-order chi connectivity index (χ0) is 12.4. The van der Waals surface area contributed by atoms with Gasteiger partial charge in [-0.3, -0.25) is 9.48 Å². The van der Waals surface area contributed by atoms with Gasteiger partial charge in [-0.2, -0.15) is 5.10 Å². The molecule has 0 aliphatic rings. The molecule has 0 saturated heterocycles. The fraction of sp³-hybridized carbons (Fsp3) is 0.333. The first-order valence-electron chi connectivity index (χ1n) is 5.45. The van der Waals surface area contributed by atoms with Crippen LogP contribution in [0.4, 0.5) is 0 Å². The number of furan rings is 1. The summed E-state index contributed by atoms with van der Waals surface area (Å²) in [5.41, 5.74) is 1.20. The van der Waals surface area contributed by atoms with Crippen molar-refractivity contribution in [3.63, 3.8) is 0 Å². The fourth-order valence-corrected chi connectivity index (χ4v) is 1.91. The van der Waals surface area contributed by atoms with Crippen molar-refractivity contribution >= 4 is 17.4 Å². The van der Waals surface area contributed by atoms with Crippen molar-refractivity contribution in [3.05, 3.63) is 40.6 Å². The molecule has 0 N–H and O–H groups in total. The lowest BCUT2D eigenvalue weighted by atomic mass is 10.1. The maximum Gasteiger partial charge on any atom is 0.247 e. The van der Waals surface area contributed by atoms with E-state index in [4.69, 9.17) is 16.0 Å². The van der Waals surface area contributed by atoms with Gasteiger partial charge in [0.15, 0.2) is 5.76 Å². The highest BCUT2D eigenvalue weighted by Crippen LogP contribution is 2.21. The summed E-state index contributed by atoms with van der Waals surface area (Å²) < 4.78 is 6.81. The van der Waals surface area contributed by atoms with Gasteiger partial charge in [0, 0.05) is 6.54 Å². The Morgan fingerprint density at radius 1 is 1.59 bits per heavy atom. The highest BCUT2D eigenvalue weighted by atomic mass is 35.5. The molecule has 0 amide bonds. The number of carbonyl (C=O) groups is 1. The summed E-state index contributed by atoms with van der Waals surface area (Å²) in [6, 6.07) is 1.75. The standard InChI is InChI=1S/C12H13ClN2O2/c1-3-5-15-10(9(13)7-14-15)11(16)12-8(2)4-6-17-12/h4,6-7H,3,5H2,1-2H3. The maximum absolute atomic E-state index is 12.3. The lowest BCUT2D eigenvalue weighted by Gasteiger charge is -2.04. The molecule has 0 aromatic carbocycles. The van der Waals surface area contributed by atoms with Crippen LogP contribution in [0.5, 0.6) is 0 Å². The largest absolute Gasteiger partial charge is 0.461 e. The summed E-state index contributed by atoms with van der Waals surface area (Å²) in [5, 5.41) is 4.45. The van der Waals surface area contributed by atoms with E-state index in [1.807, 2.05) is 13.8 Å². The molecule has 90 valence electrons. The third kappa shape index (κ3) is 2.13. The van der Waals surface area contributed by atoms with Crippen LogP contribution in [0.2, 0.25) is 5.02 Å². The average Bonchev–Trinajstić information content (AvgIpc) is 2.86. The summed E-state index contributed by atoms with van der Waals surface area (Å²) in [7, 11) is 0. The van der Waals surface area contributed by atoms with Crippen molar-refractivity contribution in [2.24, 2.45) is 0 Å². The third-order valence-electron chi connectivity index (χ3n) is 2.51. The van der Waals surface area contributed by atoms with Gasteiger partial charge in [0.05, 0.1) is 17.5 Å². The lowest BCUT2D eigenvalue weighted by molar-refractivity contribution is 0.0998. The SMILES string of the molecule is CCCn1ncc(Cl)c1C(=O)c1occc1C. The Morgan fingerprint density at radius 2 is 2.35 bits per heavy atom. The summed E-state index contributed by atoms with van der Waals surface area (Å²) >= 11 is 6.00. The van der Waals surface area contributed by atoms with Gasteiger partial charge in [-0.1, -0.05) is 18.5 Å². The third-order valence-corrected chi connectivity index (χ3v) is 2.79. The van der Waals surface area contributed by atoms with Crippen LogP contribution >= 0.6 is 11.6 Å². The van der Waals surface area contributed by atoms with Crippen molar-refractivity contribution < 1.29 is 9.21 Å². The molecular formula is C12H13ClN2O2. The van der Waals surface area contributed by atoms with Gasteiger partial charge >= 0.3 is 0 Å². The minimum absolute atomic E-state index is 0.219. The minimum atomic E-state index is -0.219. The highest BCUT2D eigenvalue weighted by molar-refractivity contribution is 6.34. The van der Waals surface area contributed by atoms with Crippen LogP contribution in [0.1, 0.15) is 35.2 Å². The van der Waals surface area contributed by atoms with Crippen LogP contribution in [0.15, 0.2) is 22.9 Å². The van der Waals surface area contributed by atoms with Crippen LogP contribution in [0.25, 0.3) is 0 Å². The second-order valence-corrected chi connectivity index (χ2v) is 4.23. The van der Waals surface area contributed by atoms with Crippen LogP contribution < -0.4 is 0 Å². The van der Waals surface area contributed by atoms with Crippen molar-refractivity contribution in [1.29, 1.82) is 0 Å². The summed E-state index contributed by atoms with van der Waals surface area (Å²) in [6.07, 6.45) is 3.87. The number of rotatable bonds is 4. The quantitative estimate of drug-likeness (QED) is 0.786. The molecule has 5 heteroatoms. The number of carbonyl (C=O) groups excluding carboxylic acids is 1. The molecule has 4 nitrogen and oxygen atoms in total. The van der Waals surface area contributed by atoms with E-state index >= 15 is 0 Å². The molecule has 0 unspecified atom stereocenters. The Kier molecular flexibility index (Phi) is 3.33. The molecule has 0 spiro atoms. The predicted octanol–water partition coefficient (Wildman–Crippen LogP) is 3.08. The van der Waals surface area contributed by atoms with E-state index in [0.29, 0.717) is 23.0 Å². The molecule has 2 heterocycles. The normalized spacial score (nSPS) is 10.8. The topological polar surface area (TPSA) is 48.0 Å². The van der Waals surface area contributed by atoms with Crippen molar-refractivity contribution in [2.75, 3.05) is 0 Å². The monoisotopic (exact) mass is 252 g/mol. The number of aromatic nitrogens is 2. The number of aryl methyl sites for hydroxylation is 2. The summed E-state index contributed by atoms with van der Waals surface area (Å²) in [6.45, 7) is 4.50. The number of halogens is 1. The molecule has 2 aromatic heterocycles. The smallest absolute Gasteiger partial charge is 0.247 e. The van der Waals surface area contributed by atoms with Crippen molar-refractivity contribution in [1.82, 2.24) is 9.78 Å². The molecule has 0 aliphatic carbocycles. The Morgan fingerprint density at radius 3 is 2.94 bits per heavy atom. The van der Waals surface area contributed by atoms with Gasteiger partial charge in [0.1, 0.15) is 5.69 Å². The van der Waals surface area contributed by atoms with E-state index in [1.165, 1.54) is 12.5 Å². The zero-order valence-corrected chi connectivity index (χ0v) is 10.5. The highest BCUT2D eigenvalue weighted by Gasteiger charge is 2.22. The van der Waals surface area contributed by atoms with E-state index in [9.17, 15) is 4.79 Å². The molecular weight excluding hydrogens is 240 g/mol. The van der Waals surface area contributed by atoms with Crippen LogP contribution in [-0.4, -0.2) is 15.6 Å². The van der Waals surface area contributed by atoms with Crippen LogP contribution in [-0.2, 0) is 6.54 Å². The molecule has 0 aliphatic heterocycles. The first kappa shape index (κ1) is 11.9. The van der Waals surface area contributed by atoms with E-state index in [1.54, 1.807) is 10.7 Å². The molecule has 2 rings (SSSR count). The van der Waals surface area contributed by atoms with E-state index in [-0.39, 0.29) is 5.78 Å². The number of nitrogens with zero attached hydrogens (tertiary/aromatic N) is 2.